The number of benzene rings is 1. The highest BCUT2D eigenvalue weighted by Crippen LogP contribution is 2.32. The van der Waals surface area contributed by atoms with Gasteiger partial charge in [0.25, 0.3) is 0 Å². The van der Waals surface area contributed by atoms with E-state index < -0.39 is 0 Å². The summed E-state index contributed by atoms with van der Waals surface area (Å²) in [5.41, 5.74) is 0. The van der Waals surface area contributed by atoms with E-state index in [1.807, 2.05) is 24.3 Å². The van der Waals surface area contributed by atoms with Crippen molar-refractivity contribution in [2.75, 3.05) is 13.2 Å². The smallest absolute Gasteiger partial charge is 0.161 e. The van der Waals surface area contributed by atoms with Crippen molar-refractivity contribution in [3.05, 3.63) is 24.3 Å². The van der Waals surface area contributed by atoms with Crippen molar-refractivity contribution in [1.82, 2.24) is 5.32 Å². The topological polar surface area (TPSA) is 30.5 Å². The molecular weight excluding hydrogens is 250 g/mol. The molecule has 112 valence electrons. The maximum Gasteiger partial charge on any atom is 0.161 e. The number of hydrogen-bond donors (Lipinski definition) is 1. The minimum absolute atomic E-state index is 0.0954. The van der Waals surface area contributed by atoms with E-state index >= 15 is 0 Å². The molecular formula is C17H27NO2. The zero-order chi connectivity index (χ0) is 14.4. The van der Waals surface area contributed by atoms with Gasteiger partial charge in [0.05, 0.1) is 0 Å². The Kier molecular flexibility index (Phi) is 5.72. The molecule has 0 fully saturated rings. The van der Waals surface area contributed by atoms with Gasteiger partial charge in [-0.1, -0.05) is 39.3 Å². The molecule has 0 radical (unpaired) electrons. The van der Waals surface area contributed by atoms with Crippen LogP contribution in [-0.2, 0) is 0 Å². The molecule has 0 amide bonds. The van der Waals surface area contributed by atoms with Crippen molar-refractivity contribution in [2.45, 2.75) is 52.2 Å². The number of hydrogen-bond acceptors (Lipinski definition) is 3. The number of ether oxygens (including phenoxy) is 2. The number of fused-ring (bicyclic) bond motifs is 1. The second kappa shape index (κ2) is 7.53. The van der Waals surface area contributed by atoms with E-state index in [0.29, 0.717) is 18.6 Å². The largest absolute Gasteiger partial charge is 0.486 e. The molecule has 2 rings (SSSR count). The van der Waals surface area contributed by atoms with Crippen molar-refractivity contribution in [2.24, 2.45) is 5.92 Å². The zero-order valence-electron chi connectivity index (χ0n) is 12.9. The van der Waals surface area contributed by atoms with Crippen molar-refractivity contribution >= 4 is 0 Å². The third-order valence-corrected chi connectivity index (χ3v) is 3.92. The summed E-state index contributed by atoms with van der Waals surface area (Å²) in [5.74, 6) is 2.32. The SMILES string of the molecule is CCCNC(C(C)CCC)C1COc2ccccc2O1. The molecule has 1 heterocycles. The van der Waals surface area contributed by atoms with Crippen molar-refractivity contribution in [1.29, 1.82) is 0 Å². The van der Waals surface area contributed by atoms with Gasteiger partial charge in [-0.05, 0) is 37.4 Å². The van der Waals surface area contributed by atoms with Gasteiger partial charge in [0, 0.05) is 6.04 Å². The third-order valence-electron chi connectivity index (χ3n) is 3.92. The van der Waals surface area contributed by atoms with E-state index in [1.54, 1.807) is 0 Å². The standard InChI is InChI=1S/C17H27NO2/c1-4-8-13(3)17(18-11-5-2)16-12-19-14-9-6-7-10-15(14)20-16/h6-7,9-10,13,16-18H,4-5,8,11-12H2,1-3H3. The predicted molar refractivity (Wildman–Crippen MR) is 82.5 cm³/mol. The quantitative estimate of drug-likeness (QED) is 0.825. The third kappa shape index (κ3) is 3.66. The van der Waals surface area contributed by atoms with Crippen LogP contribution in [0.1, 0.15) is 40.0 Å². The van der Waals surface area contributed by atoms with Crippen molar-refractivity contribution < 1.29 is 9.47 Å². The molecule has 0 saturated heterocycles. The maximum atomic E-state index is 6.17. The summed E-state index contributed by atoms with van der Waals surface area (Å²) in [6.45, 7) is 8.40. The molecule has 0 aliphatic carbocycles. The van der Waals surface area contributed by atoms with Crippen molar-refractivity contribution in [3.8, 4) is 11.5 Å². The second-order valence-electron chi connectivity index (χ2n) is 5.66. The van der Waals surface area contributed by atoms with Gasteiger partial charge in [0.2, 0.25) is 0 Å². The van der Waals surface area contributed by atoms with E-state index in [1.165, 1.54) is 12.8 Å². The minimum Gasteiger partial charge on any atom is -0.486 e. The monoisotopic (exact) mass is 277 g/mol. The van der Waals surface area contributed by atoms with Crippen LogP contribution in [-0.4, -0.2) is 25.3 Å². The minimum atomic E-state index is 0.0954. The highest BCUT2D eigenvalue weighted by Gasteiger charge is 2.31. The Morgan fingerprint density at radius 3 is 2.65 bits per heavy atom. The molecule has 3 nitrogen and oxygen atoms in total. The Bertz CT molecular complexity index is 408. The molecule has 0 bridgehead atoms. The number of nitrogens with one attached hydrogen (secondary N) is 1. The lowest BCUT2D eigenvalue weighted by Crippen LogP contribution is -2.51. The molecule has 3 atom stereocenters. The lowest BCUT2D eigenvalue weighted by Gasteiger charge is -2.36. The Hall–Kier alpha value is -1.22. The highest BCUT2D eigenvalue weighted by atomic mass is 16.6. The first-order chi connectivity index (χ1) is 9.76. The van der Waals surface area contributed by atoms with Gasteiger partial charge in [0.15, 0.2) is 11.5 Å². The zero-order valence-corrected chi connectivity index (χ0v) is 12.9. The molecule has 0 aromatic heterocycles. The summed E-state index contributed by atoms with van der Waals surface area (Å²) in [4.78, 5) is 0. The number of rotatable bonds is 7. The van der Waals surface area contributed by atoms with Crippen LogP contribution in [0.15, 0.2) is 24.3 Å². The first-order valence-electron chi connectivity index (χ1n) is 7.88. The Morgan fingerprint density at radius 2 is 1.95 bits per heavy atom. The van der Waals surface area contributed by atoms with Crippen molar-refractivity contribution in [3.63, 3.8) is 0 Å². The summed E-state index contributed by atoms with van der Waals surface area (Å²) in [6, 6.07) is 8.28. The maximum absolute atomic E-state index is 6.17. The molecule has 1 aliphatic rings. The van der Waals surface area contributed by atoms with Crippen LogP contribution in [0.3, 0.4) is 0 Å². The van der Waals surface area contributed by atoms with E-state index in [9.17, 15) is 0 Å². The predicted octanol–water partition coefficient (Wildman–Crippen LogP) is 3.63. The number of para-hydroxylation sites is 2. The van der Waals surface area contributed by atoms with Gasteiger partial charge >= 0.3 is 0 Å². The molecule has 0 saturated carbocycles. The fourth-order valence-corrected chi connectivity index (χ4v) is 2.86. The Balaban J connectivity index is 2.06. The molecule has 3 unspecified atom stereocenters. The highest BCUT2D eigenvalue weighted by molar-refractivity contribution is 5.40. The van der Waals surface area contributed by atoms with E-state index in [4.69, 9.17) is 9.47 Å². The Morgan fingerprint density at radius 1 is 1.20 bits per heavy atom. The normalized spacial score (nSPS) is 20.4. The van der Waals surface area contributed by atoms with Gasteiger partial charge in [-0.2, -0.15) is 0 Å². The second-order valence-corrected chi connectivity index (χ2v) is 5.66. The first kappa shape index (κ1) is 15.2. The molecule has 0 spiro atoms. The van der Waals surface area contributed by atoms with Crippen LogP contribution in [0.25, 0.3) is 0 Å². The lowest BCUT2D eigenvalue weighted by molar-refractivity contribution is 0.0447. The van der Waals surface area contributed by atoms with Gasteiger partial charge in [-0.25, -0.2) is 0 Å². The molecule has 3 heteroatoms. The van der Waals surface area contributed by atoms with E-state index in [0.717, 1.165) is 24.5 Å². The summed E-state index contributed by atoms with van der Waals surface area (Å²) < 4.78 is 12.0. The van der Waals surface area contributed by atoms with Gasteiger partial charge in [-0.3, -0.25) is 0 Å². The summed E-state index contributed by atoms with van der Waals surface area (Å²) in [6.07, 6.45) is 3.65. The van der Waals surface area contributed by atoms with E-state index in [2.05, 4.69) is 26.1 Å². The molecule has 20 heavy (non-hydrogen) atoms. The molecule has 1 aromatic rings. The lowest BCUT2D eigenvalue weighted by atomic mass is 9.92. The summed E-state index contributed by atoms with van der Waals surface area (Å²) in [5, 5.41) is 3.65. The first-order valence-corrected chi connectivity index (χ1v) is 7.88. The molecule has 1 aliphatic heterocycles. The van der Waals surface area contributed by atoms with Gasteiger partial charge < -0.3 is 14.8 Å². The van der Waals surface area contributed by atoms with Crippen LogP contribution in [0.5, 0.6) is 11.5 Å². The fraction of sp³-hybridized carbons (Fsp3) is 0.647. The van der Waals surface area contributed by atoms with Crippen LogP contribution in [0.2, 0.25) is 0 Å². The molecule has 1 N–H and O–H groups in total. The van der Waals surface area contributed by atoms with Gasteiger partial charge in [0.1, 0.15) is 12.7 Å². The van der Waals surface area contributed by atoms with E-state index in [-0.39, 0.29) is 6.10 Å². The Labute approximate surface area is 122 Å². The van der Waals surface area contributed by atoms with Crippen LogP contribution in [0, 0.1) is 5.92 Å². The summed E-state index contributed by atoms with van der Waals surface area (Å²) >= 11 is 0. The summed E-state index contributed by atoms with van der Waals surface area (Å²) in [7, 11) is 0. The van der Waals surface area contributed by atoms with Crippen LogP contribution >= 0.6 is 0 Å². The van der Waals surface area contributed by atoms with Gasteiger partial charge in [-0.15, -0.1) is 0 Å². The molecule has 1 aromatic carbocycles. The van der Waals surface area contributed by atoms with Crippen LogP contribution in [0.4, 0.5) is 0 Å². The average Bonchev–Trinajstić information content (AvgIpc) is 2.48. The average molecular weight is 277 g/mol. The fourth-order valence-electron chi connectivity index (χ4n) is 2.86. The van der Waals surface area contributed by atoms with Crippen LogP contribution < -0.4 is 14.8 Å².